The number of amides is 1. The van der Waals surface area contributed by atoms with Crippen LogP contribution in [0.3, 0.4) is 0 Å². The number of nitrogens with zero attached hydrogens (tertiary/aromatic N) is 4. The van der Waals surface area contributed by atoms with Crippen molar-refractivity contribution in [2.24, 2.45) is 0 Å². The zero-order valence-electron chi connectivity index (χ0n) is 16.5. The lowest BCUT2D eigenvalue weighted by Crippen LogP contribution is -2.38. The van der Waals surface area contributed by atoms with Gasteiger partial charge in [0.15, 0.2) is 5.13 Å². The van der Waals surface area contributed by atoms with Gasteiger partial charge in [0.25, 0.3) is 5.91 Å². The Morgan fingerprint density at radius 1 is 1.24 bits per heavy atom. The Morgan fingerprint density at radius 2 is 2.10 bits per heavy atom. The molecular weight excluding hydrogens is 392 g/mol. The first-order valence-corrected chi connectivity index (χ1v) is 10.2. The number of ether oxygens (including phenoxy) is 3. The molecule has 4 rings (SSSR count). The molecule has 1 aromatic carbocycles. The van der Waals surface area contributed by atoms with Gasteiger partial charge in [-0.25, -0.2) is 4.98 Å². The maximum absolute atomic E-state index is 13.4. The highest BCUT2D eigenvalue weighted by atomic mass is 32.1. The van der Waals surface area contributed by atoms with E-state index in [4.69, 9.17) is 19.2 Å². The number of methoxy groups -OCH3 is 2. The van der Waals surface area contributed by atoms with E-state index in [9.17, 15) is 4.79 Å². The summed E-state index contributed by atoms with van der Waals surface area (Å²) < 4.78 is 17.1. The van der Waals surface area contributed by atoms with Crippen molar-refractivity contribution in [2.75, 3.05) is 32.3 Å². The minimum Gasteiger partial charge on any atom is -0.481 e. The lowest BCUT2D eigenvalue weighted by molar-refractivity contribution is 0.0912. The summed E-state index contributed by atoms with van der Waals surface area (Å²) in [5.41, 5.74) is 2.19. The third kappa shape index (κ3) is 4.15. The van der Waals surface area contributed by atoms with E-state index in [2.05, 4.69) is 16.0 Å². The number of benzene rings is 1. The number of hydrogen-bond donors (Lipinski definition) is 0. The van der Waals surface area contributed by atoms with Crippen LogP contribution in [0.15, 0.2) is 24.3 Å². The standard InChI is InChI=1S/C20H22N4O4S/c1-12-6-7-14-16(9-12)29-20(22-14)24(11-13-5-4-8-28-13)18(25)15-10-17(26-2)23-19(21-15)27-3/h6-7,9-10,13H,4-5,8,11H2,1-3H3. The fourth-order valence-corrected chi connectivity index (χ4v) is 4.29. The highest BCUT2D eigenvalue weighted by Gasteiger charge is 2.28. The normalized spacial score (nSPS) is 16.2. The number of hydrogen-bond acceptors (Lipinski definition) is 8. The van der Waals surface area contributed by atoms with Gasteiger partial charge >= 0.3 is 6.01 Å². The van der Waals surface area contributed by atoms with Gasteiger partial charge in [-0.3, -0.25) is 9.69 Å². The molecular formula is C20H22N4O4S. The summed E-state index contributed by atoms with van der Waals surface area (Å²) in [5.74, 6) is -0.0348. The van der Waals surface area contributed by atoms with E-state index in [1.54, 1.807) is 4.90 Å². The van der Waals surface area contributed by atoms with Gasteiger partial charge in [-0.1, -0.05) is 17.4 Å². The van der Waals surface area contributed by atoms with Crippen LogP contribution in [0.1, 0.15) is 28.9 Å². The summed E-state index contributed by atoms with van der Waals surface area (Å²) >= 11 is 1.48. The summed E-state index contributed by atoms with van der Waals surface area (Å²) in [6.07, 6.45) is 1.86. The van der Waals surface area contributed by atoms with E-state index in [1.165, 1.54) is 31.6 Å². The lowest BCUT2D eigenvalue weighted by atomic mass is 10.2. The molecule has 0 radical (unpaired) electrons. The second-order valence-corrected chi connectivity index (χ2v) is 7.81. The molecule has 2 aromatic heterocycles. The smallest absolute Gasteiger partial charge is 0.320 e. The predicted molar refractivity (Wildman–Crippen MR) is 110 cm³/mol. The van der Waals surface area contributed by atoms with E-state index in [0.29, 0.717) is 18.3 Å². The molecule has 1 unspecified atom stereocenters. The third-order valence-electron chi connectivity index (χ3n) is 4.71. The van der Waals surface area contributed by atoms with Crippen LogP contribution in [0.4, 0.5) is 5.13 Å². The molecule has 0 N–H and O–H groups in total. The number of aryl methyl sites for hydroxylation is 1. The monoisotopic (exact) mass is 414 g/mol. The molecule has 0 spiro atoms. The first-order valence-electron chi connectivity index (χ1n) is 9.35. The van der Waals surface area contributed by atoms with E-state index in [1.807, 2.05) is 19.1 Å². The summed E-state index contributed by atoms with van der Waals surface area (Å²) in [5, 5.41) is 0.614. The highest BCUT2D eigenvalue weighted by Crippen LogP contribution is 2.31. The van der Waals surface area contributed by atoms with Crippen LogP contribution in [0.2, 0.25) is 0 Å². The lowest BCUT2D eigenvalue weighted by Gasteiger charge is -2.22. The quantitative estimate of drug-likeness (QED) is 0.612. The van der Waals surface area contributed by atoms with Crippen molar-refractivity contribution in [3.8, 4) is 11.9 Å². The molecule has 0 aliphatic carbocycles. The van der Waals surface area contributed by atoms with Crippen molar-refractivity contribution < 1.29 is 19.0 Å². The van der Waals surface area contributed by atoms with Gasteiger partial charge in [0.2, 0.25) is 5.88 Å². The number of fused-ring (bicyclic) bond motifs is 1. The number of carbonyl (C=O) groups is 1. The molecule has 0 bridgehead atoms. The minimum absolute atomic E-state index is 0.0293. The Labute approximate surface area is 172 Å². The fourth-order valence-electron chi connectivity index (χ4n) is 3.22. The van der Waals surface area contributed by atoms with Crippen LogP contribution in [-0.4, -0.2) is 54.3 Å². The van der Waals surface area contributed by atoms with Crippen LogP contribution >= 0.6 is 11.3 Å². The number of thiazole rings is 1. The molecule has 3 aromatic rings. The molecule has 29 heavy (non-hydrogen) atoms. The SMILES string of the molecule is COc1cc(C(=O)N(CC2CCCO2)c2nc3ccc(C)cc3s2)nc(OC)n1. The average molecular weight is 414 g/mol. The van der Waals surface area contributed by atoms with Crippen molar-refractivity contribution in [2.45, 2.75) is 25.9 Å². The van der Waals surface area contributed by atoms with Crippen LogP contribution in [0, 0.1) is 6.92 Å². The predicted octanol–water partition coefficient (Wildman–Crippen LogP) is 3.24. The van der Waals surface area contributed by atoms with E-state index in [0.717, 1.165) is 28.6 Å². The van der Waals surface area contributed by atoms with Gasteiger partial charge in [-0.2, -0.15) is 9.97 Å². The first-order chi connectivity index (χ1) is 14.1. The van der Waals surface area contributed by atoms with Crippen molar-refractivity contribution >= 4 is 32.6 Å². The topological polar surface area (TPSA) is 86.7 Å². The van der Waals surface area contributed by atoms with E-state index in [-0.39, 0.29) is 29.6 Å². The number of carbonyl (C=O) groups excluding carboxylic acids is 1. The number of anilines is 1. The Morgan fingerprint density at radius 3 is 2.83 bits per heavy atom. The molecule has 152 valence electrons. The number of rotatable bonds is 6. The van der Waals surface area contributed by atoms with Crippen molar-refractivity contribution in [3.05, 3.63) is 35.5 Å². The van der Waals surface area contributed by atoms with Crippen LogP contribution in [-0.2, 0) is 4.74 Å². The second kappa shape index (κ2) is 8.30. The number of aromatic nitrogens is 3. The zero-order valence-corrected chi connectivity index (χ0v) is 17.4. The van der Waals surface area contributed by atoms with Crippen molar-refractivity contribution in [3.63, 3.8) is 0 Å². The fraction of sp³-hybridized carbons (Fsp3) is 0.400. The van der Waals surface area contributed by atoms with E-state index < -0.39 is 0 Å². The molecule has 9 heteroatoms. The summed E-state index contributed by atoms with van der Waals surface area (Å²) in [4.78, 5) is 28.1. The maximum atomic E-state index is 13.4. The van der Waals surface area contributed by atoms with E-state index >= 15 is 0 Å². The Kier molecular flexibility index (Phi) is 5.59. The van der Waals surface area contributed by atoms with Crippen LogP contribution < -0.4 is 14.4 Å². The van der Waals surface area contributed by atoms with Gasteiger partial charge in [0.05, 0.1) is 37.1 Å². The van der Waals surface area contributed by atoms with Gasteiger partial charge in [-0.15, -0.1) is 0 Å². The molecule has 1 saturated heterocycles. The average Bonchev–Trinajstić information content (AvgIpc) is 3.40. The van der Waals surface area contributed by atoms with Crippen LogP contribution in [0.25, 0.3) is 10.2 Å². The minimum atomic E-state index is -0.296. The molecule has 1 atom stereocenters. The zero-order chi connectivity index (χ0) is 20.4. The Bertz CT molecular complexity index is 1010. The summed E-state index contributed by atoms with van der Waals surface area (Å²) in [6, 6.07) is 7.63. The van der Waals surface area contributed by atoms with Gasteiger partial charge in [0, 0.05) is 12.7 Å². The molecule has 1 fully saturated rings. The summed E-state index contributed by atoms with van der Waals surface area (Å²) in [6.45, 7) is 3.15. The van der Waals surface area contributed by atoms with Gasteiger partial charge < -0.3 is 14.2 Å². The largest absolute Gasteiger partial charge is 0.481 e. The Hall–Kier alpha value is -2.78. The highest BCUT2D eigenvalue weighted by molar-refractivity contribution is 7.22. The maximum Gasteiger partial charge on any atom is 0.320 e. The van der Waals surface area contributed by atoms with Gasteiger partial charge in [-0.05, 0) is 37.5 Å². The molecule has 8 nitrogen and oxygen atoms in total. The molecule has 0 saturated carbocycles. The third-order valence-corrected chi connectivity index (χ3v) is 5.75. The van der Waals surface area contributed by atoms with Gasteiger partial charge in [0.1, 0.15) is 5.69 Å². The molecule has 3 heterocycles. The van der Waals surface area contributed by atoms with Crippen molar-refractivity contribution in [1.29, 1.82) is 0 Å². The molecule has 1 aliphatic heterocycles. The second-order valence-electron chi connectivity index (χ2n) is 6.80. The first kappa shape index (κ1) is 19.5. The summed E-state index contributed by atoms with van der Waals surface area (Å²) in [7, 11) is 2.93. The Balaban J connectivity index is 1.74. The molecule has 1 amide bonds. The van der Waals surface area contributed by atoms with Crippen LogP contribution in [0.5, 0.6) is 11.9 Å². The van der Waals surface area contributed by atoms with Crippen molar-refractivity contribution in [1.82, 2.24) is 15.0 Å². The molecule has 1 aliphatic rings.